The highest BCUT2D eigenvalue weighted by atomic mass is 32.2. The number of hydrogen-bond donors (Lipinski definition) is 7. The van der Waals surface area contributed by atoms with Crippen molar-refractivity contribution in [3.05, 3.63) is 41.5 Å². The molecule has 0 spiro atoms. The van der Waals surface area contributed by atoms with E-state index >= 15 is 0 Å². The number of esters is 1. The fraction of sp³-hybridized carbons (Fsp3) is 0.588. The van der Waals surface area contributed by atoms with Crippen LogP contribution in [0.25, 0.3) is 0 Å². The van der Waals surface area contributed by atoms with E-state index in [9.17, 15) is 62.2 Å². The lowest BCUT2D eigenvalue weighted by Crippen LogP contribution is -2.61. The number of carbonyl (C=O) groups excluding carboxylic acids is 5. The molecule has 54 heavy (non-hydrogen) atoms. The van der Waals surface area contributed by atoms with Crippen molar-refractivity contribution in [3.63, 3.8) is 0 Å². The number of benzene rings is 1. The number of ether oxygens (including phenoxy) is 3. The number of hydrogen-bond acceptors (Lipinski definition) is 14. The van der Waals surface area contributed by atoms with Gasteiger partial charge in [-0.25, -0.2) is 4.79 Å². The molecule has 1 fully saturated rings. The summed E-state index contributed by atoms with van der Waals surface area (Å²) in [6.45, 7) is 3.43. The van der Waals surface area contributed by atoms with Crippen LogP contribution in [-0.4, -0.2) is 129 Å². The second kappa shape index (κ2) is 20.3. The number of aliphatic hydroxyl groups is 3. The predicted octanol–water partition coefficient (Wildman–Crippen LogP) is -1.05. The van der Waals surface area contributed by atoms with Gasteiger partial charge in [0.05, 0.1) is 5.92 Å². The molecule has 3 rings (SSSR count). The number of aryl methyl sites for hydroxylation is 1. The van der Waals surface area contributed by atoms with Gasteiger partial charge in [0.15, 0.2) is 6.10 Å². The van der Waals surface area contributed by atoms with Gasteiger partial charge in [-0.15, -0.1) is 0 Å². The van der Waals surface area contributed by atoms with Gasteiger partial charge < -0.3 is 45.3 Å². The van der Waals surface area contributed by atoms with Gasteiger partial charge >= 0.3 is 11.9 Å². The lowest BCUT2D eigenvalue weighted by molar-refractivity contribution is -0.271. The molecule has 7 N–H and O–H groups in total. The van der Waals surface area contributed by atoms with Crippen LogP contribution in [0.15, 0.2) is 30.4 Å². The summed E-state index contributed by atoms with van der Waals surface area (Å²) >= 11 is 0. The van der Waals surface area contributed by atoms with Gasteiger partial charge in [-0.3, -0.25) is 33.4 Å². The molecule has 300 valence electrons. The molecule has 19 nitrogen and oxygen atoms in total. The summed E-state index contributed by atoms with van der Waals surface area (Å²) < 4.78 is 48.8. The van der Waals surface area contributed by atoms with E-state index < -0.39 is 94.1 Å². The Balaban J connectivity index is 1.56. The molecule has 6 atom stereocenters. The van der Waals surface area contributed by atoms with Crippen LogP contribution in [0.2, 0.25) is 0 Å². The third-order valence-corrected chi connectivity index (χ3v) is 9.23. The van der Waals surface area contributed by atoms with Crippen molar-refractivity contribution in [2.45, 2.75) is 102 Å². The van der Waals surface area contributed by atoms with E-state index in [-0.39, 0.29) is 31.9 Å². The zero-order valence-corrected chi connectivity index (χ0v) is 30.6. The Labute approximate surface area is 311 Å². The standard InChI is InChI=1S/C34H47N3O16S/c1-19(2)33(47)51-17-21-10-11-22(52-34-29(43)27(41)28(42)30(53-34)32(45)46)16-20(21)8-5-6-14-35-31(44)23(18-54(48,49)50)36-24(38)9-4-3-7-15-37-25(39)12-13-26(37)40/h10-13,16,19,23,27-30,34,41-43H,3-9,14-15,17-18H2,1-2H3,(H,35,44)(H,36,38)(H,45,46)(H,48,49,50)/t23?,27-,28-,29+,30-,34+/m0/s1. The maximum absolute atomic E-state index is 12.9. The minimum absolute atomic E-state index is 0.0340. The molecular weight excluding hydrogens is 738 g/mol. The third-order valence-electron chi connectivity index (χ3n) is 8.47. The first-order valence-corrected chi connectivity index (χ1v) is 18.9. The molecule has 2 aliphatic rings. The predicted molar refractivity (Wildman–Crippen MR) is 185 cm³/mol. The SMILES string of the molecule is CC(C)C(=O)OCc1ccc(O[C@@H]2O[C@H](C(=O)O)[C@@H](O)[C@H](O)[C@H]2O)cc1CCCCNC(=O)C(CS(=O)(=O)O)NC(=O)CCCCCN1C(=O)C=CC1=O. The van der Waals surface area contributed by atoms with Crippen molar-refractivity contribution in [2.75, 3.05) is 18.8 Å². The Morgan fingerprint density at radius 2 is 1.61 bits per heavy atom. The van der Waals surface area contributed by atoms with E-state index in [2.05, 4.69) is 10.6 Å². The normalized spacial score (nSPS) is 21.9. The minimum atomic E-state index is -4.67. The molecule has 0 bridgehead atoms. The van der Waals surface area contributed by atoms with Crippen LogP contribution in [0.4, 0.5) is 0 Å². The summed E-state index contributed by atoms with van der Waals surface area (Å²) in [6, 6.07) is 2.96. The van der Waals surface area contributed by atoms with Crippen molar-refractivity contribution >= 4 is 45.7 Å². The first-order chi connectivity index (χ1) is 25.4. The number of unbranched alkanes of at least 4 members (excludes halogenated alkanes) is 3. The molecule has 1 aromatic carbocycles. The van der Waals surface area contributed by atoms with Gasteiger partial charge in [0.25, 0.3) is 21.9 Å². The summed E-state index contributed by atoms with van der Waals surface area (Å²) in [7, 11) is -4.67. The largest absolute Gasteiger partial charge is 0.479 e. The van der Waals surface area contributed by atoms with E-state index in [0.717, 1.165) is 4.90 Å². The number of aliphatic hydroxyl groups excluding tert-OH is 3. The average molecular weight is 786 g/mol. The highest BCUT2D eigenvalue weighted by Gasteiger charge is 2.48. The molecule has 2 aliphatic heterocycles. The molecule has 1 saturated heterocycles. The van der Waals surface area contributed by atoms with Crippen LogP contribution in [0.3, 0.4) is 0 Å². The molecule has 0 saturated carbocycles. The van der Waals surface area contributed by atoms with Gasteiger partial charge in [0.1, 0.15) is 42.5 Å². The van der Waals surface area contributed by atoms with Crippen LogP contribution in [0.1, 0.15) is 63.5 Å². The van der Waals surface area contributed by atoms with Crippen LogP contribution in [0, 0.1) is 5.92 Å². The maximum Gasteiger partial charge on any atom is 0.335 e. The molecular formula is C34H47N3O16S. The number of rotatable bonds is 21. The molecule has 1 aromatic rings. The third kappa shape index (κ3) is 13.4. The van der Waals surface area contributed by atoms with Gasteiger partial charge in [0, 0.05) is 31.7 Å². The van der Waals surface area contributed by atoms with E-state index in [1.807, 2.05) is 0 Å². The van der Waals surface area contributed by atoms with Crippen molar-refractivity contribution in [1.29, 1.82) is 0 Å². The van der Waals surface area contributed by atoms with E-state index in [0.29, 0.717) is 49.7 Å². The fourth-order valence-electron chi connectivity index (χ4n) is 5.47. The lowest BCUT2D eigenvalue weighted by atomic mass is 9.99. The number of imide groups is 1. The highest BCUT2D eigenvalue weighted by Crippen LogP contribution is 2.27. The fourth-order valence-corrected chi connectivity index (χ4v) is 6.12. The first kappa shape index (κ1) is 43.9. The summed E-state index contributed by atoms with van der Waals surface area (Å²) in [5, 5.41) is 44.6. The molecule has 0 aromatic heterocycles. The smallest absolute Gasteiger partial charge is 0.335 e. The quantitative estimate of drug-likeness (QED) is 0.0339. The van der Waals surface area contributed by atoms with Crippen LogP contribution >= 0.6 is 0 Å². The number of nitrogens with one attached hydrogen (secondary N) is 2. The van der Waals surface area contributed by atoms with Crippen LogP contribution < -0.4 is 15.4 Å². The number of amides is 4. The Hall–Kier alpha value is -4.47. The Kier molecular flexibility index (Phi) is 16.5. The molecule has 1 unspecified atom stereocenters. The van der Waals surface area contributed by atoms with Gasteiger partial charge in [-0.05, 0) is 55.4 Å². The minimum Gasteiger partial charge on any atom is -0.479 e. The Morgan fingerprint density at radius 1 is 0.926 bits per heavy atom. The number of carboxylic acids is 1. The average Bonchev–Trinajstić information content (AvgIpc) is 3.42. The Morgan fingerprint density at radius 3 is 2.24 bits per heavy atom. The maximum atomic E-state index is 12.9. The lowest BCUT2D eigenvalue weighted by Gasteiger charge is -2.38. The number of carbonyl (C=O) groups is 6. The van der Waals surface area contributed by atoms with E-state index in [1.165, 1.54) is 24.3 Å². The van der Waals surface area contributed by atoms with Crippen molar-refractivity contribution < 1.29 is 76.4 Å². The van der Waals surface area contributed by atoms with Crippen LogP contribution in [-0.2, 0) is 61.4 Å². The highest BCUT2D eigenvalue weighted by molar-refractivity contribution is 7.85. The second-order valence-electron chi connectivity index (χ2n) is 13.1. The van der Waals surface area contributed by atoms with E-state index in [4.69, 9.17) is 14.2 Å². The summed E-state index contributed by atoms with van der Waals surface area (Å²) in [5.41, 5.74) is 1.18. The van der Waals surface area contributed by atoms with Gasteiger partial charge in [-0.1, -0.05) is 26.3 Å². The summed E-state index contributed by atoms with van der Waals surface area (Å²) in [5.74, 6) is -5.73. The number of nitrogens with zero attached hydrogens (tertiary/aromatic N) is 1. The number of aliphatic carboxylic acids is 1. The molecule has 4 amide bonds. The summed E-state index contributed by atoms with van der Waals surface area (Å²) in [4.78, 5) is 73.3. The van der Waals surface area contributed by atoms with E-state index in [1.54, 1.807) is 19.9 Å². The first-order valence-electron chi connectivity index (χ1n) is 17.3. The molecule has 2 heterocycles. The van der Waals surface area contributed by atoms with Gasteiger partial charge in [-0.2, -0.15) is 8.42 Å². The Bertz CT molecular complexity index is 1650. The van der Waals surface area contributed by atoms with Crippen molar-refractivity contribution in [2.24, 2.45) is 5.92 Å². The number of carboxylic acid groups (broad SMARTS) is 1. The molecule has 0 radical (unpaired) electrons. The van der Waals surface area contributed by atoms with Crippen LogP contribution in [0.5, 0.6) is 5.75 Å². The zero-order chi connectivity index (χ0) is 40.2. The van der Waals surface area contributed by atoms with Crippen molar-refractivity contribution in [1.82, 2.24) is 15.5 Å². The van der Waals surface area contributed by atoms with Crippen molar-refractivity contribution in [3.8, 4) is 5.75 Å². The van der Waals surface area contributed by atoms with Gasteiger partial charge in [0.2, 0.25) is 18.1 Å². The second-order valence-corrected chi connectivity index (χ2v) is 14.6. The summed E-state index contributed by atoms with van der Waals surface area (Å²) in [6.07, 6.45) is -4.60. The molecule has 20 heteroatoms. The molecule has 0 aliphatic carbocycles. The monoisotopic (exact) mass is 785 g/mol. The zero-order valence-electron chi connectivity index (χ0n) is 29.8. The topological polar surface area (TPSA) is 293 Å².